The molecular weight excluding hydrogens is 232 g/mol. The van der Waals surface area contributed by atoms with Crippen molar-refractivity contribution >= 4 is 17.1 Å². The molecule has 0 radical (unpaired) electrons. The number of rotatable bonds is 2. The van der Waals surface area contributed by atoms with Gasteiger partial charge in [-0.05, 0) is 18.6 Å². The summed E-state index contributed by atoms with van der Waals surface area (Å²) in [5, 5.41) is 19.0. The monoisotopic (exact) mass is 248 g/mol. The summed E-state index contributed by atoms with van der Waals surface area (Å²) in [6, 6.07) is 8.15. The van der Waals surface area contributed by atoms with Gasteiger partial charge in [-0.1, -0.05) is 12.1 Å². The molecular formula is C13H16N2O3. The van der Waals surface area contributed by atoms with Crippen molar-refractivity contribution in [3.63, 3.8) is 0 Å². The Bertz CT molecular complexity index is 507. The highest BCUT2D eigenvalue weighted by Gasteiger charge is 2.29. The molecule has 0 saturated carbocycles. The molecule has 18 heavy (non-hydrogen) atoms. The Kier molecular flexibility index (Phi) is 2.93. The molecule has 2 heterocycles. The Morgan fingerprint density at radius 1 is 1.39 bits per heavy atom. The number of hydrogen-bond donors (Lipinski definition) is 2. The number of hydrogen-bond acceptors (Lipinski definition) is 5. The normalized spacial score (nSPS) is 24.7. The number of aromatic nitrogens is 1. The zero-order valence-electron chi connectivity index (χ0n) is 9.99. The Labute approximate surface area is 105 Å². The van der Waals surface area contributed by atoms with Gasteiger partial charge >= 0.3 is 0 Å². The summed E-state index contributed by atoms with van der Waals surface area (Å²) in [6.07, 6.45) is 0.217. The van der Waals surface area contributed by atoms with Crippen LogP contribution in [0.4, 0.5) is 6.01 Å². The predicted octanol–water partition coefficient (Wildman–Crippen LogP) is 1.01. The standard InChI is InChI=1S/C13H16N2O3/c16-8-9-5-6-15(7-11(9)17)13-14-10-3-1-2-4-12(10)18-13/h1-4,9,11,16-17H,5-8H2/t9-,11+/m1/s1. The lowest BCUT2D eigenvalue weighted by Gasteiger charge is -2.33. The van der Waals surface area contributed by atoms with Crippen molar-refractivity contribution in [3.05, 3.63) is 24.3 Å². The van der Waals surface area contributed by atoms with Gasteiger partial charge < -0.3 is 19.5 Å². The van der Waals surface area contributed by atoms with Crippen molar-refractivity contribution in [1.82, 2.24) is 4.98 Å². The molecule has 1 fully saturated rings. The molecule has 2 N–H and O–H groups in total. The van der Waals surface area contributed by atoms with E-state index < -0.39 is 6.10 Å². The summed E-state index contributed by atoms with van der Waals surface area (Å²) in [7, 11) is 0. The van der Waals surface area contributed by atoms with E-state index in [2.05, 4.69) is 4.98 Å². The molecule has 1 aromatic heterocycles. The van der Waals surface area contributed by atoms with Gasteiger partial charge in [0.05, 0.1) is 6.10 Å². The third-order valence-electron chi connectivity index (χ3n) is 3.51. The van der Waals surface area contributed by atoms with Gasteiger partial charge in [0.25, 0.3) is 6.01 Å². The Morgan fingerprint density at radius 2 is 2.22 bits per heavy atom. The summed E-state index contributed by atoms with van der Waals surface area (Å²) in [5.74, 6) is -0.0365. The summed E-state index contributed by atoms with van der Waals surface area (Å²) in [6.45, 7) is 1.23. The number of nitrogens with zero attached hydrogens (tertiary/aromatic N) is 2. The van der Waals surface area contributed by atoms with E-state index in [4.69, 9.17) is 9.52 Å². The summed E-state index contributed by atoms with van der Waals surface area (Å²) in [4.78, 5) is 6.33. The maximum atomic E-state index is 9.90. The molecule has 2 aromatic rings. The number of para-hydroxylation sites is 2. The zero-order chi connectivity index (χ0) is 12.5. The zero-order valence-corrected chi connectivity index (χ0v) is 9.99. The highest BCUT2D eigenvalue weighted by molar-refractivity contribution is 5.74. The first-order chi connectivity index (χ1) is 8.78. The third kappa shape index (κ3) is 1.95. The second-order valence-corrected chi connectivity index (χ2v) is 4.71. The van der Waals surface area contributed by atoms with Gasteiger partial charge in [0, 0.05) is 25.6 Å². The van der Waals surface area contributed by atoms with Crippen molar-refractivity contribution in [3.8, 4) is 0 Å². The van der Waals surface area contributed by atoms with Crippen molar-refractivity contribution in [2.45, 2.75) is 12.5 Å². The van der Waals surface area contributed by atoms with Gasteiger partial charge in [-0.3, -0.25) is 0 Å². The molecule has 0 amide bonds. The minimum Gasteiger partial charge on any atom is -0.423 e. The maximum Gasteiger partial charge on any atom is 0.298 e. The van der Waals surface area contributed by atoms with Crippen LogP contribution in [0.5, 0.6) is 0 Å². The van der Waals surface area contributed by atoms with Crippen LogP contribution in [0.3, 0.4) is 0 Å². The molecule has 1 saturated heterocycles. The fourth-order valence-corrected chi connectivity index (χ4v) is 2.36. The van der Waals surface area contributed by atoms with E-state index in [1.165, 1.54) is 0 Å². The number of benzene rings is 1. The molecule has 0 unspecified atom stereocenters. The second-order valence-electron chi connectivity index (χ2n) is 4.71. The van der Waals surface area contributed by atoms with Gasteiger partial charge in [0.15, 0.2) is 5.58 Å². The van der Waals surface area contributed by atoms with Gasteiger partial charge in [-0.2, -0.15) is 4.98 Å². The topological polar surface area (TPSA) is 69.7 Å². The molecule has 5 heteroatoms. The van der Waals surface area contributed by atoms with Crippen molar-refractivity contribution < 1.29 is 14.6 Å². The fourth-order valence-electron chi connectivity index (χ4n) is 2.36. The minimum absolute atomic E-state index is 0.0303. The lowest BCUT2D eigenvalue weighted by Crippen LogP contribution is -2.45. The molecule has 96 valence electrons. The minimum atomic E-state index is -0.529. The van der Waals surface area contributed by atoms with Gasteiger partial charge in [0.1, 0.15) is 5.52 Å². The van der Waals surface area contributed by atoms with Crippen LogP contribution in [-0.2, 0) is 0 Å². The average Bonchev–Trinajstić information content (AvgIpc) is 2.82. The quantitative estimate of drug-likeness (QED) is 0.830. The number of aliphatic hydroxyl groups excluding tert-OH is 2. The molecule has 1 aliphatic heterocycles. The van der Waals surface area contributed by atoms with Crippen LogP contribution >= 0.6 is 0 Å². The second kappa shape index (κ2) is 4.59. The van der Waals surface area contributed by atoms with Crippen molar-refractivity contribution in [2.24, 2.45) is 5.92 Å². The average molecular weight is 248 g/mol. The summed E-state index contributed by atoms with van der Waals surface area (Å²) in [5.41, 5.74) is 1.58. The Balaban J connectivity index is 1.83. The van der Waals surface area contributed by atoms with Crippen LogP contribution in [0.1, 0.15) is 6.42 Å². The number of piperidine rings is 1. The summed E-state index contributed by atoms with van der Waals surface area (Å²) >= 11 is 0. The molecule has 5 nitrogen and oxygen atoms in total. The van der Waals surface area contributed by atoms with Gasteiger partial charge in [-0.15, -0.1) is 0 Å². The molecule has 3 rings (SSSR count). The number of aliphatic hydroxyl groups is 2. The predicted molar refractivity (Wildman–Crippen MR) is 67.4 cm³/mol. The fraction of sp³-hybridized carbons (Fsp3) is 0.462. The smallest absolute Gasteiger partial charge is 0.298 e. The first-order valence-corrected chi connectivity index (χ1v) is 6.17. The molecule has 0 spiro atoms. The van der Waals surface area contributed by atoms with Crippen molar-refractivity contribution in [2.75, 3.05) is 24.6 Å². The number of oxazole rings is 1. The lowest BCUT2D eigenvalue weighted by atomic mass is 9.95. The highest BCUT2D eigenvalue weighted by Crippen LogP contribution is 2.26. The van der Waals surface area contributed by atoms with Crippen LogP contribution in [0.25, 0.3) is 11.1 Å². The molecule has 1 aliphatic rings. The van der Waals surface area contributed by atoms with E-state index in [0.717, 1.165) is 24.1 Å². The van der Waals surface area contributed by atoms with E-state index in [9.17, 15) is 5.11 Å². The Hall–Kier alpha value is -1.59. The van der Waals surface area contributed by atoms with Crippen LogP contribution in [-0.4, -0.2) is 41.0 Å². The third-order valence-corrected chi connectivity index (χ3v) is 3.51. The van der Waals surface area contributed by atoms with Crippen LogP contribution in [0.15, 0.2) is 28.7 Å². The van der Waals surface area contributed by atoms with E-state index in [1.807, 2.05) is 29.2 Å². The highest BCUT2D eigenvalue weighted by atomic mass is 16.4. The van der Waals surface area contributed by atoms with E-state index >= 15 is 0 Å². The maximum absolute atomic E-state index is 9.90. The number of anilines is 1. The van der Waals surface area contributed by atoms with Gasteiger partial charge in [-0.25, -0.2) is 0 Å². The molecule has 1 aromatic carbocycles. The first kappa shape index (κ1) is 11.5. The molecule has 0 bridgehead atoms. The number of fused-ring (bicyclic) bond motifs is 1. The molecule has 2 atom stereocenters. The van der Waals surface area contributed by atoms with Crippen LogP contribution < -0.4 is 4.90 Å². The van der Waals surface area contributed by atoms with E-state index in [-0.39, 0.29) is 12.5 Å². The Morgan fingerprint density at radius 3 is 2.94 bits per heavy atom. The van der Waals surface area contributed by atoms with E-state index in [1.54, 1.807) is 0 Å². The van der Waals surface area contributed by atoms with Crippen LogP contribution in [0, 0.1) is 5.92 Å². The van der Waals surface area contributed by atoms with Crippen molar-refractivity contribution in [1.29, 1.82) is 0 Å². The molecule has 0 aliphatic carbocycles. The van der Waals surface area contributed by atoms with E-state index in [0.29, 0.717) is 12.6 Å². The van der Waals surface area contributed by atoms with Crippen LogP contribution in [0.2, 0.25) is 0 Å². The number of β-amino-alcohol motifs (C(OH)–C–C–N with tert-alkyl or cyclic N) is 1. The SMILES string of the molecule is OC[C@H]1CCN(c2nc3ccccc3o2)C[C@@H]1O. The largest absolute Gasteiger partial charge is 0.423 e. The van der Waals surface area contributed by atoms with Gasteiger partial charge in [0.2, 0.25) is 0 Å². The summed E-state index contributed by atoms with van der Waals surface area (Å²) < 4.78 is 5.67. The first-order valence-electron chi connectivity index (χ1n) is 6.17. The lowest BCUT2D eigenvalue weighted by molar-refractivity contribution is 0.0535.